The van der Waals surface area contributed by atoms with Crippen molar-refractivity contribution in [2.45, 2.75) is 31.7 Å². The van der Waals surface area contributed by atoms with E-state index in [0.29, 0.717) is 11.4 Å². The molecule has 2 heterocycles. The Bertz CT molecular complexity index is 781. The first kappa shape index (κ1) is 15.5. The first-order chi connectivity index (χ1) is 11.0. The first-order valence-electron chi connectivity index (χ1n) is 7.88. The lowest BCUT2D eigenvalue weighted by Crippen LogP contribution is -2.39. The van der Waals surface area contributed by atoms with Gasteiger partial charge in [0.2, 0.25) is 5.91 Å². The molecule has 5 heteroatoms. The maximum atomic E-state index is 13.0. The third-order valence-electron chi connectivity index (χ3n) is 4.47. The minimum absolute atomic E-state index is 0.00464. The summed E-state index contributed by atoms with van der Waals surface area (Å²) >= 11 is 0. The largest absolute Gasteiger partial charge is 0.348 e. The molecule has 1 aliphatic rings. The van der Waals surface area contributed by atoms with Gasteiger partial charge in [0.15, 0.2) is 0 Å². The van der Waals surface area contributed by atoms with Crippen LogP contribution in [0.3, 0.4) is 0 Å². The lowest BCUT2D eigenvalue weighted by Gasteiger charge is -2.31. The van der Waals surface area contributed by atoms with Gasteiger partial charge in [-0.05, 0) is 25.3 Å². The topological polar surface area (TPSA) is 55.2 Å². The summed E-state index contributed by atoms with van der Waals surface area (Å²) in [5.74, 6) is 0.260. The molecule has 2 atom stereocenters. The third-order valence-corrected chi connectivity index (χ3v) is 4.47. The van der Waals surface area contributed by atoms with Crippen LogP contribution in [0.4, 0.5) is 0 Å². The van der Waals surface area contributed by atoms with Crippen LogP contribution in [-0.4, -0.2) is 34.5 Å². The van der Waals surface area contributed by atoms with Crippen LogP contribution in [0.2, 0.25) is 0 Å². The highest BCUT2D eigenvalue weighted by Crippen LogP contribution is 2.32. The van der Waals surface area contributed by atoms with E-state index in [9.17, 15) is 9.59 Å². The van der Waals surface area contributed by atoms with Gasteiger partial charge in [0, 0.05) is 26.3 Å². The fourth-order valence-electron chi connectivity index (χ4n) is 3.19. The smallest absolute Gasteiger partial charge is 0.261 e. The fourth-order valence-corrected chi connectivity index (χ4v) is 3.19. The monoisotopic (exact) mass is 311 g/mol. The Hall–Kier alpha value is -2.43. The summed E-state index contributed by atoms with van der Waals surface area (Å²) in [5, 5.41) is 0. The standard InChI is InChI=1S/C18H21N3O2/c1-12-9-10-14(17(22)20(2)3)16-19-11-15(18(23)21(12)16)13-7-5-4-6-8-13/h4-8,11-12,14H,9-10H2,1-3H3/t12-,14+/m0/s1. The Morgan fingerprint density at radius 1 is 1.22 bits per heavy atom. The van der Waals surface area contributed by atoms with Gasteiger partial charge in [-0.15, -0.1) is 0 Å². The predicted molar refractivity (Wildman–Crippen MR) is 89.3 cm³/mol. The summed E-state index contributed by atoms with van der Waals surface area (Å²) in [6.07, 6.45) is 3.14. The van der Waals surface area contributed by atoms with Crippen LogP contribution < -0.4 is 5.56 Å². The van der Waals surface area contributed by atoms with Crippen molar-refractivity contribution in [3.05, 3.63) is 52.7 Å². The van der Waals surface area contributed by atoms with Gasteiger partial charge in [0.1, 0.15) is 5.82 Å². The van der Waals surface area contributed by atoms with E-state index in [2.05, 4.69) is 4.98 Å². The van der Waals surface area contributed by atoms with Gasteiger partial charge >= 0.3 is 0 Å². The van der Waals surface area contributed by atoms with Gasteiger partial charge in [-0.25, -0.2) is 4.98 Å². The maximum Gasteiger partial charge on any atom is 0.261 e. The van der Waals surface area contributed by atoms with Crippen LogP contribution in [0.1, 0.15) is 37.5 Å². The predicted octanol–water partition coefficient (Wildman–Crippen LogP) is 2.44. The molecule has 2 aromatic rings. The van der Waals surface area contributed by atoms with Crippen molar-refractivity contribution in [1.82, 2.24) is 14.5 Å². The molecule has 0 unspecified atom stereocenters. The molecule has 23 heavy (non-hydrogen) atoms. The van der Waals surface area contributed by atoms with Crippen LogP contribution in [0.15, 0.2) is 41.3 Å². The number of aromatic nitrogens is 2. The second kappa shape index (κ2) is 5.99. The summed E-state index contributed by atoms with van der Waals surface area (Å²) in [5.41, 5.74) is 1.37. The van der Waals surface area contributed by atoms with Crippen LogP contribution in [0.25, 0.3) is 11.1 Å². The van der Waals surface area contributed by atoms with Gasteiger partial charge in [-0.1, -0.05) is 30.3 Å². The minimum Gasteiger partial charge on any atom is -0.348 e. The van der Waals surface area contributed by atoms with E-state index in [1.54, 1.807) is 29.8 Å². The maximum absolute atomic E-state index is 13.0. The highest BCUT2D eigenvalue weighted by atomic mass is 16.2. The Morgan fingerprint density at radius 3 is 2.57 bits per heavy atom. The molecule has 0 saturated heterocycles. The van der Waals surface area contributed by atoms with Crippen LogP contribution in [0.5, 0.6) is 0 Å². The quantitative estimate of drug-likeness (QED) is 0.856. The Kier molecular flexibility index (Phi) is 4.03. The summed E-state index contributed by atoms with van der Waals surface area (Å²) in [6, 6.07) is 9.59. The van der Waals surface area contributed by atoms with Crippen molar-refractivity contribution >= 4 is 5.91 Å². The number of nitrogens with zero attached hydrogens (tertiary/aromatic N) is 3. The lowest BCUT2D eigenvalue weighted by atomic mass is 9.92. The number of amides is 1. The number of carbonyl (C=O) groups is 1. The summed E-state index contributed by atoms with van der Waals surface area (Å²) < 4.78 is 1.71. The first-order valence-corrected chi connectivity index (χ1v) is 7.88. The fraction of sp³-hybridized carbons (Fsp3) is 0.389. The van der Waals surface area contributed by atoms with Crippen molar-refractivity contribution < 1.29 is 4.79 Å². The molecule has 0 saturated carbocycles. The van der Waals surface area contributed by atoms with Gasteiger partial charge in [0.25, 0.3) is 5.56 Å². The number of benzene rings is 1. The zero-order valence-corrected chi connectivity index (χ0v) is 13.7. The molecule has 0 aliphatic carbocycles. The number of carbonyl (C=O) groups excluding carboxylic acids is 1. The Labute approximate surface area is 135 Å². The average Bonchev–Trinajstić information content (AvgIpc) is 2.55. The zero-order chi connectivity index (χ0) is 16.6. The molecule has 1 aromatic heterocycles. The Balaban J connectivity index is 2.14. The van der Waals surface area contributed by atoms with Crippen molar-refractivity contribution in [3.8, 4) is 11.1 Å². The average molecular weight is 311 g/mol. The van der Waals surface area contributed by atoms with Gasteiger partial charge in [0.05, 0.1) is 11.5 Å². The lowest BCUT2D eigenvalue weighted by molar-refractivity contribution is -0.131. The summed E-state index contributed by atoms with van der Waals surface area (Å²) in [6.45, 7) is 2.01. The van der Waals surface area contributed by atoms with Crippen LogP contribution in [0, 0.1) is 0 Å². The van der Waals surface area contributed by atoms with E-state index in [4.69, 9.17) is 0 Å². The van der Waals surface area contributed by atoms with Crippen molar-refractivity contribution in [2.75, 3.05) is 14.1 Å². The molecule has 5 nitrogen and oxygen atoms in total. The SMILES string of the molecule is C[C@H]1CC[C@@H](C(=O)N(C)C)c2ncc(-c3ccccc3)c(=O)n21. The van der Waals surface area contributed by atoms with Gasteiger partial charge in [-0.2, -0.15) is 0 Å². The van der Waals surface area contributed by atoms with Gasteiger partial charge in [-0.3, -0.25) is 14.2 Å². The molecule has 0 spiro atoms. The molecule has 0 radical (unpaired) electrons. The van der Waals surface area contributed by atoms with E-state index in [-0.39, 0.29) is 23.4 Å². The number of likely N-dealkylation sites (N-methyl/N-ethyl adjacent to an activating group) is 1. The molecular weight excluding hydrogens is 290 g/mol. The molecule has 1 aliphatic heterocycles. The van der Waals surface area contributed by atoms with E-state index < -0.39 is 0 Å². The Morgan fingerprint density at radius 2 is 1.91 bits per heavy atom. The molecule has 0 bridgehead atoms. The molecular formula is C18H21N3O2. The molecule has 0 N–H and O–H groups in total. The molecule has 1 aromatic carbocycles. The third kappa shape index (κ3) is 2.67. The number of hydrogen-bond donors (Lipinski definition) is 0. The van der Waals surface area contributed by atoms with Gasteiger partial charge < -0.3 is 4.90 Å². The molecule has 3 rings (SSSR count). The molecule has 1 amide bonds. The second-order valence-corrected chi connectivity index (χ2v) is 6.28. The van der Waals surface area contributed by atoms with Crippen molar-refractivity contribution in [3.63, 3.8) is 0 Å². The number of fused-ring (bicyclic) bond motifs is 1. The van der Waals surface area contributed by atoms with Crippen LogP contribution >= 0.6 is 0 Å². The van der Waals surface area contributed by atoms with Crippen molar-refractivity contribution in [2.24, 2.45) is 0 Å². The normalized spacial score (nSPS) is 20.0. The summed E-state index contributed by atoms with van der Waals surface area (Å²) in [7, 11) is 3.47. The van der Waals surface area contributed by atoms with E-state index >= 15 is 0 Å². The zero-order valence-electron chi connectivity index (χ0n) is 13.7. The van der Waals surface area contributed by atoms with Crippen LogP contribution in [-0.2, 0) is 4.79 Å². The van der Waals surface area contributed by atoms with E-state index in [0.717, 1.165) is 18.4 Å². The molecule has 120 valence electrons. The number of hydrogen-bond acceptors (Lipinski definition) is 3. The summed E-state index contributed by atoms with van der Waals surface area (Å²) in [4.78, 5) is 31.4. The highest BCUT2D eigenvalue weighted by molar-refractivity contribution is 5.82. The minimum atomic E-state index is -0.335. The van der Waals surface area contributed by atoms with E-state index in [1.165, 1.54) is 0 Å². The highest BCUT2D eigenvalue weighted by Gasteiger charge is 2.33. The molecule has 0 fully saturated rings. The number of rotatable bonds is 2. The van der Waals surface area contributed by atoms with E-state index in [1.807, 2.05) is 37.3 Å². The second-order valence-electron chi connectivity index (χ2n) is 6.28. The van der Waals surface area contributed by atoms with Crippen molar-refractivity contribution in [1.29, 1.82) is 0 Å².